The average Bonchev–Trinajstić information content (AvgIpc) is 2.33. The summed E-state index contributed by atoms with van der Waals surface area (Å²) >= 11 is 0. The predicted molar refractivity (Wildman–Crippen MR) is 65.0 cm³/mol. The van der Waals surface area contributed by atoms with Gasteiger partial charge in [-0.05, 0) is 37.7 Å². The molecule has 0 atom stereocenters. The maximum atomic E-state index is 13.1. The number of pyridine rings is 1. The van der Waals surface area contributed by atoms with E-state index in [0.717, 1.165) is 31.6 Å². The molecule has 1 aliphatic rings. The second-order valence-corrected chi connectivity index (χ2v) is 5.16. The van der Waals surface area contributed by atoms with Crippen LogP contribution in [-0.4, -0.2) is 10.1 Å². The van der Waals surface area contributed by atoms with Crippen molar-refractivity contribution < 1.29 is 9.50 Å². The fraction of sp³-hybridized carbons (Fsp3) is 0.643. The van der Waals surface area contributed by atoms with E-state index in [1.54, 1.807) is 6.20 Å². The molecule has 1 N–H and O–H groups in total. The van der Waals surface area contributed by atoms with Crippen molar-refractivity contribution in [2.24, 2.45) is 5.92 Å². The zero-order chi connectivity index (χ0) is 12.3. The Hall–Kier alpha value is -0.960. The van der Waals surface area contributed by atoms with Gasteiger partial charge in [-0.15, -0.1) is 0 Å². The summed E-state index contributed by atoms with van der Waals surface area (Å²) in [6.45, 7) is 2.19. The smallest absolute Gasteiger partial charge is 0.141 e. The molecule has 0 saturated heterocycles. The number of aliphatic hydroxyl groups is 1. The van der Waals surface area contributed by atoms with Gasteiger partial charge in [-0.3, -0.25) is 4.98 Å². The minimum atomic E-state index is -0.862. The van der Waals surface area contributed by atoms with Crippen LogP contribution in [0.2, 0.25) is 0 Å². The first-order chi connectivity index (χ1) is 8.14. The zero-order valence-corrected chi connectivity index (χ0v) is 10.3. The molecular formula is C14H20FNO. The fourth-order valence-corrected chi connectivity index (χ4v) is 2.81. The summed E-state index contributed by atoms with van der Waals surface area (Å²) in [6.07, 6.45) is 8.70. The lowest BCUT2D eigenvalue weighted by atomic mass is 9.74. The highest BCUT2D eigenvalue weighted by Crippen LogP contribution is 2.40. The lowest BCUT2D eigenvalue weighted by Gasteiger charge is -2.36. The second kappa shape index (κ2) is 5.13. The molecule has 1 aromatic rings. The molecule has 1 aliphatic carbocycles. The van der Waals surface area contributed by atoms with Crippen LogP contribution in [0.5, 0.6) is 0 Å². The Bertz CT molecular complexity index is 372. The molecule has 0 aliphatic heterocycles. The molecule has 1 heterocycles. The molecule has 0 unspecified atom stereocenters. The standard InChI is InChI=1S/C14H20FNO/c1-2-3-11-4-6-14(17,7-5-11)12-8-13(15)10-16-9-12/h8-11,17H,2-7H2,1H3. The van der Waals surface area contributed by atoms with E-state index >= 15 is 0 Å². The highest BCUT2D eigenvalue weighted by Gasteiger charge is 2.34. The first-order valence-corrected chi connectivity index (χ1v) is 6.47. The van der Waals surface area contributed by atoms with E-state index < -0.39 is 5.60 Å². The van der Waals surface area contributed by atoms with E-state index in [0.29, 0.717) is 5.56 Å². The largest absolute Gasteiger partial charge is 0.385 e. The van der Waals surface area contributed by atoms with Gasteiger partial charge in [0.05, 0.1) is 11.8 Å². The zero-order valence-electron chi connectivity index (χ0n) is 10.3. The first-order valence-electron chi connectivity index (χ1n) is 6.47. The number of nitrogens with zero attached hydrogens (tertiary/aromatic N) is 1. The third-order valence-corrected chi connectivity index (χ3v) is 3.87. The summed E-state index contributed by atoms with van der Waals surface area (Å²) in [4.78, 5) is 3.82. The van der Waals surface area contributed by atoms with Gasteiger partial charge >= 0.3 is 0 Å². The molecule has 2 nitrogen and oxygen atoms in total. The number of hydrogen-bond donors (Lipinski definition) is 1. The third kappa shape index (κ3) is 2.83. The monoisotopic (exact) mass is 237 g/mol. The van der Waals surface area contributed by atoms with Crippen LogP contribution in [0.25, 0.3) is 0 Å². The van der Waals surface area contributed by atoms with Gasteiger partial charge in [-0.2, -0.15) is 0 Å². The summed E-state index contributed by atoms with van der Waals surface area (Å²) < 4.78 is 13.1. The molecule has 17 heavy (non-hydrogen) atoms. The van der Waals surface area contributed by atoms with Crippen molar-refractivity contribution >= 4 is 0 Å². The normalized spacial score (nSPS) is 29.2. The van der Waals surface area contributed by atoms with Crippen molar-refractivity contribution in [3.05, 3.63) is 29.8 Å². The Morgan fingerprint density at radius 1 is 1.41 bits per heavy atom. The van der Waals surface area contributed by atoms with E-state index in [2.05, 4.69) is 11.9 Å². The molecular weight excluding hydrogens is 217 g/mol. The van der Waals surface area contributed by atoms with Crippen LogP contribution in [0.15, 0.2) is 18.5 Å². The molecule has 2 rings (SSSR count). The number of halogens is 1. The van der Waals surface area contributed by atoms with Gasteiger partial charge in [0, 0.05) is 11.8 Å². The van der Waals surface area contributed by atoms with Crippen molar-refractivity contribution in [2.75, 3.05) is 0 Å². The molecule has 0 aromatic carbocycles. The van der Waals surface area contributed by atoms with E-state index in [9.17, 15) is 9.50 Å². The first kappa shape index (κ1) is 12.5. The summed E-state index contributed by atoms with van der Waals surface area (Å²) in [6, 6.07) is 1.41. The summed E-state index contributed by atoms with van der Waals surface area (Å²) in [5.41, 5.74) is -0.230. The topological polar surface area (TPSA) is 33.1 Å². The van der Waals surface area contributed by atoms with Gasteiger partial charge in [-0.25, -0.2) is 4.39 Å². The van der Waals surface area contributed by atoms with Crippen molar-refractivity contribution in [3.8, 4) is 0 Å². The van der Waals surface area contributed by atoms with E-state index in [-0.39, 0.29) is 5.82 Å². The molecule has 1 aromatic heterocycles. The highest BCUT2D eigenvalue weighted by atomic mass is 19.1. The Morgan fingerprint density at radius 2 is 2.12 bits per heavy atom. The Morgan fingerprint density at radius 3 is 2.71 bits per heavy atom. The summed E-state index contributed by atoms with van der Waals surface area (Å²) in [5, 5.41) is 10.5. The molecule has 1 fully saturated rings. The Balaban J connectivity index is 2.06. The van der Waals surface area contributed by atoms with E-state index in [1.807, 2.05) is 0 Å². The van der Waals surface area contributed by atoms with Gasteiger partial charge in [0.15, 0.2) is 0 Å². The lowest BCUT2D eigenvalue weighted by molar-refractivity contribution is -0.0157. The fourth-order valence-electron chi connectivity index (χ4n) is 2.81. The molecule has 94 valence electrons. The van der Waals surface area contributed by atoms with Crippen LogP contribution in [-0.2, 0) is 5.60 Å². The van der Waals surface area contributed by atoms with Gasteiger partial charge in [0.1, 0.15) is 5.82 Å². The van der Waals surface area contributed by atoms with Crippen LogP contribution in [0.1, 0.15) is 51.0 Å². The van der Waals surface area contributed by atoms with E-state index in [4.69, 9.17) is 0 Å². The van der Waals surface area contributed by atoms with Crippen LogP contribution < -0.4 is 0 Å². The molecule has 1 saturated carbocycles. The average molecular weight is 237 g/mol. The quantitative estimate of drug-likeness (QED) is 0.874. The minimum Gasteiger partial charge on any atom is -0.385 e. The third-order valence-electron chi connectivity index (χ3n) is 3.87. The van der Waals surface area contributed by atoms with Crippen LogP contribution in [0.3, 0.4) is 0 Å². The SMILES string of the molecule is CCCC1CCC(O)(c2cncc(F)c2)CC1. The summed E-state index contributed by atoms with van der Waals surface area (Å²) in [5.74, 6) is 0.355. The van der Waals surface area contributed by atoms with Gasteiger partial charge in [0.25, 0.3) is 0 Å². The summed E-state index contributed by atoms with van der Waals surface area (Å²) in [7, 11) is 0. The molecule has 0 bridgehead atoms. The van der Waals surface area contributed by atoms with Crippen molar-refractivity contribution in [3.63, 3.8) is 0 Å². The molecule has 3 heteroatoms. The number of hydrogen-bond acceptors (Lipinski definition) is 2. The lowest BCUT2D eigenvalue weighted by Crippen LogP contribution is -2.31. The van der Waals surface area contributed by atoms with Gasteiger partial charge in [-0.1, -0.05) is 19.8 Å². The maximum Gasteiger partial charge on any atom is 0.141 e. The van der Waals surface area contributed by atoms with Gasteiger partial charge in [0.2, 0.25) is 0 Å². The Labute approximate surface area is 102 Å². The van der Waals surface area contributed by atoms with Crippen molar-refractivity contribution in [2.45, 2.75) is 51.0 Å². The van der Waals surface area contributed by atoms with E-state index in [1.165, 1.54) is 25.1 Å². The maximum absolute atomic E-state index is 13.1. The van der Waals surface area contributed by atoms with Gasteiger partial charge < -0.3 is 5.11 Å². The second-order valence-electron chi connectivity index (χ2n) is 5.16. The number of rotatable bonds is 3. The van der Waals surface area contributed by atoms with Crippen molar-refractivity contribution in [1.29, 1.82) is 0 Å². The molecule has 0 spiro atoms. The predicted octanol–water partition coefficient (Wildman–Crippen LogP) is 3.40. The number of aromatic nitrogens is 1. The van der Waals surface area contributed by atoms with Crippen molar-refractivity contribution in [1.82, 2.24) is 4.98 Å². The minimum absolute atomic E-state index is 0.369. The van der Waals surface area contributed by atoms with Crippen LogP contribution in [0.4, 0.5) is 4.39 Å². The molecule has 0 amide bonds. The Kier molecular flexibility index (Phi) is 3.77. The highest BCUT2D eigenvalue weighted by molar-refractivity contribution is 5.19. The molecule has 0 radical (unpaired) electrons. The van der Waals surface area contributed by atoms with Crippen LogP contribution >= 0.6 is 0 Å². The van der Waals surface area contributed by atoms with Crippen LogP contribution in [0, 0.1) is 11.7 Å².